The summed E-state index contributed by atoms with van der Waals surface area (Å²) in [5, 5.41) is 91.4. The first kappa shape index (κ1) is 99.9. The minimum Gasteiger partial charge on any atom is -0.478 e. The number of pyridine rings is 3. The topological polar surface area (TPSA) is 359 Å². The Morgan fingerprint density at radius 2 is 0.759 bits per heavy atom. The molecular formula is C75H89B4Br3Cl5N13O13S3. The summed E-state index contributed by atoms with van der Waals surface area (Å²) in [7, 11) is 7.38. The second kappa shape index (κ2) is 51.0. The van der Waals surface area contributed by atoms with Gasteiger partial charge in [-0.3, -0.25) is 14.4 Å². The minimum atomic E-state index is -1.68. The molecule has 0 bridgehead atoms. The summed E-state index contributed by atoms with van der Waals surface area (Å²) in [4.78, 5) is 83.4. The zero-order chi connectivity index (χ0) is 84.6. The van der Waals surface area contributed by atoms with E-state index in [-0.39, 0.29) is 67.1 Å². The van der Waals surface area contributed by atoms with Gasteiger partial charge in [-0.15, -0.1) is 46.4 Å². The van der Waals surface area contributed by atoms with Gasteiger partial charge in [0.05, 0.1) is 16.3 Å². The van der Waals surface area contributed by atoms with Crippen LogP contribution in [0.2, 0.25) is 20.1 Å². The third-order valence-corrected chi connectivity index (χ3v) is 22.7. The zero-order valence-corrected chi connectivity index (χ0v) is 75.6. The Labute approximate surface area is 740 Å². The molecule has 41 heteroatoms. The van der Waals surface area contributed by atoms with Crippen LogP contribution in [-0.2, 0) is 0 Å². The number of nitrogens with zero attached hydrogens (tertiary/aromatic N) is 12. The smallest absolute Gasteiger partial charge is 0.478 e. The lowest BCUT2D eigenvalue weighted by Crippen LogP contribution is -2.34. The molecule has 0 radical (unpaired) electrons. The predicted octanol–water partition coefficient (Wildman–Crippen LogP) is 11.0. The number of hydrogen-bond acceptors (Lipinski definition) is 25. The van der Waals surface area contributed by atoms with Crippen molar-refractivity contribution in [3.05, 3.63) is 199 Å². The average molecular weight is 1940 g/mol. The van der Waals surface area contributed by atoms with Crippen LogP contribution in [0.3, 0.4) is 0 Å². The van der Waals surface area contributed by atoms with E-state index in [0.717, 1.165) is 102 Å². The van der Waals surface area contributed by atoms with Crippen LogP contribution < -0.4 is 41.9 Å². The standard InChI is InChI=1S/C22H23ClN4OS.C13H14BrN3S.C10H15BN2O2.2C9H11BClNO3.C7H6BClO4.C3HBr2NS.C2H7N.ClH/c1-26(2)22(28)16-6-7-17(18(23)12-16)19-14-29-21(25-19)15-8-9-24-20(13-15)27-10-4-3-5-11-27;14-11-9-18-13(16-11)10-4-5-15-12(8-10)17-6-2-1-3-7-17;14-11(15)9-4-5-12-10(8-9)13-6-2-1-3-7-13;2*1-12(2)9(13)6-3-4-7(10(14)15)8(11)5-6;9-6-3-4(7(10)11)1-2-5(6)8(12)13;4-2-1-7-3(5)6-2;1-3-2;/h6-9,12-14H,3-5,10-11H2,1-2H3;4-5,8-9H,1-3,6-7H2;4-5,8,14-15H,1-3,6-7H2;2*3-5,14-15H,1-2H3;1-3,12-13H,(H,10,11);1H;3H,1-2H3;1H. The number of rotatable bonds is 14. The van der Waals surface area contributed by atoms with Gasteiger partial charge in [-0.05, 0) is 210 Å². The van der Waals surface area contributed by atoms with Crippen molar-refractivity contribution in [3.8, 4) is 32.4 Å². The highest BCUT2D eigenvalue weighted by molar-refractivity contribution is 9.11. The molecule has 4 aromatic carbocycles. The van der Waals surface area contributed by atoms with E-state index in [1.165, 1.54) is 127 Å². The summed E-state index contributed by atoms with van der Waals surface area (Å²) in [5.41, 5.74) is 6.23. The number of aromatic nitrogens is 6. The van der Waals surface area contributed by atoms with Crippen LogP contribution in [0, 0.1) is 0 Å². The second-order valence-electron chi connectivity index (χ2n) is 26.1. The number of benzene rings is 4. The van der Waals surface area contributed by atoms with Gasteiger partial charge in [0, 0.05) is 181 Å². The maximum Gasteiger partial charge on any atom is 0.489 e. The van der Waals surface area contributed by atoms with Gasteiger partial charge in [-0.25, -0.2) is 34.7 Å². The second-order valence-corrected chi connectivity index (χ2v) is 33.2. The number of aromatic carboxylic acids is 1. The molecule has 0 unspecified atom stereocenters. The van der Waals surface area contributed by atoms with Gasteiger partial charge in [0.2, 0.25) is 0 Å². The molecule has 0 atom stereocenters. The van der Waals surface area contributed by atoms with Gasteiger partial charge in [-0.2, -0.15) is 0 Å². The fourth-order valence-corrected chi connectivity index (χ4v) is 15.8. The molecule has 3 amide bonds. The van der Waals surface area contributed by atoms with E-state index >= 15 is 0 Å². The van der Waals surface area contributed by atoms with Crippen molar-refractivity contribution >= 4 is 232 Å². The number of halogens is 8. The van der Waals surface area contributed by atoms with Crippen LogP contribution in [-0.4, -0.2) is 238 Å². The lowest BCUT2D eigenvalue weighted by molar-refractivity contribution is 0.0695. The van der Waals surface area contributed by atoms with Crippen LogP contribution in [0.25, 0.3) is 32.4 Å². The van der Waals surface area contributed by atoms with Crippen molar-refractivity contribution in [2.45, 2.75) is 57.8 Å². The normalized spacial score (nSPS) is 12.5. The highest BCUT2D eigenvalue weighted by Gasteiger charge is 2.23. The Morgan fingerprint density at radius 1 is 0.422 bits per heavy atom. The van der Waals surface area contributed by atoms with Crippen molar-refractivity contribution in [1.82, 2.24) is 49.9 Å². The molecule has 6 aromatic heterocycles. The van der Waals surface area contributed by atoms with E-state index in [0.29, 0.717) is 27.2 Å². The highest BCUT2D eigenvalue weighted by Crippen LogP contribution is 2.35. The van der Waals surface area contributed by atoms with Crippen LogP contribution in [0.1, 0.15) is 99.2 Å². The molecule has 3 aliphatic rings. The fourth-order valence-electron chi connectivity index (χ4n) is 11.0. The van der Waals surface area contributed by atoms with Gasteiger partial charge < -0.3 is 80.0 Å². The number of carboxylic acids is 1. The summed E-state index contributed by atoms with van der Waals surface area (Å²) in [6.45, 7) is 6.40. The summed E-state index contributed by atoms with van der Waals surface area (Å²) >= 11 is 38.2. The lowest BCUT2D eigenvalue weighted by atomic mass is 9.80. The Kier molecular flexibility index (Phi) is 43.9. The number of nitrogens with one attached hydrogen (secondary N) is 1. The highest BCUT2D eigenvalue weighted by atomic mass is 79.9. The molecule has 3 aliphatic heterocycles. The van der Waals surface area contributed by atoms with Crippen LogP contribution in [0.15, 0.2) is 157 Å². The third kappa shape index (κ3) is 32.1. The van der Waals surface area contributed by atoms with E-state index in [4.69, 9.17) is 96.7 Å². The molecular weight excluding hydrogens is 1850 g/mol. The van der Waals surface area contributed by atoms with Crippen molar-refractivity contribution in [1.29, 1.82) is 0 Å². The van der Waals surface area contributed by atoms with Crippen LogP contribution in [0.4, 0.5) is 17.5 Å². The quantitative estimate of drug-likeness (QED) is 0.0452. The molecule has 10 N–H and O–H groups in total. The Hall–Kier alpha value is -6.71. The van der Waals surface area contributed by atoms with Gasteiger partial charge in [0.25, 0.3) is 17.7 Å². The Morgan fingerprint density at radius 3 is 1.08 bits per heavy atom. The van der Waals surface area contributed by atoms with Crippen molar-refractivity contribution in [2.24, 2.45) is 0 Å². The van der Waals surface area contributed by atoms with Crippen molar-refractivity contribution in [2.75, 3.05) is 110 Å². The molecule has 116 heavy (non-hydrogen) atoms. The number of hydrogen-bond donors (Lipinski definition) is 10. The van der Waals surface area contributed by atoms with Crippen molar-refractivity contribution < 1.29 is 64.5 Å². The molecule has 26 nitrogen and oxygen atoms in total. The van der Waals surface area contributed by atoms with E-state index in [1.54, 1.807) is 107 Å². The largest absolute Gasteiger partial charge is 0.489 e. The number of amides is 3. The van der Waals surface area contributed by atoms with E-state index < -0.39 is 34.4 Å². The van der Waals surface area contributed by atoms with Gasteiger partial charge in [-0.1, -0.05) is 70.7 Å². The van der Waals surface area contributed by atoms with E-state index in [2.05, 4.69) is 105 Å². The first-order valence-corrected chi connectivity index (χ1v) is 42.3. The fraction of sp³-hybridized carbons (Fsp3) is 0.307. The molecule has 3 saturated heterocycles. The third-order valence-electron chi connectivity index (χ3n) is 16.8. The predicted molar refractivity (Wildman–Crippen MR) is 486 cm³/mol. The maximum atomic E-state index is 12.1. The summed E-state index contributed by atoms with van der Waals surface area (Å²) in [6, 6.07) is 29.4. The van der Waals surface area contributed by atoms with Gasteiger partial charge in [0.15, 0.2) is 3.92 Å². The molecule has 0 aliphatic carbocycles. The van der Waals surface area contributed by atoms with Crippen LogP contribution in [0.5, 0.6) is 0 Å². The molecule has 9 heterocycles. The van der Waals surface area contributed by atoms with E-state index in [9.17, 15) is 19.2 Å². The first-order chi connectivity index (χ1) is 54.7. The number of anilines is 3. The maximum absolute atomic E-state index is 12.1. The number of thiazole rings is 3. The molecule has 10 aromatic rings. The molecule has 0 saturated carbocycles. The number of carbonyl (C=O) groups is 4. The van der Waals surface area contributed by atoms with Crippen LogP contribution >= 0.6 is 141 Å². The first-order valence-electron chi connectivity index (χ1n) is 35.8. The number of piperidine rings is 3. The lowest BCUT2D eigenvalue weighted by Gasteiger charge is -2.27. The Balaban J connectivity index is 0.000000247. The van der Waals surface area contributed by atoms with Crippen molar-refractivity contribution in [3.63, 3.8) is 0 Å². The SMILES string of the molecule is Brc1csc(-c2ccnc(N3CCCCC3)c2)n1.Brc1csc(Br)n1.CN(C)C(=O)c1ccc(-c2csc(-c3ccnc(N4CCCCC4)c3)n2)c(Cl)c1.CN(C)C(=O)c1ccc(B(O)O)c(Cl)c1.CN(C)C(=O)c1ccc(B(O)O)c(Cl)c1.CNC.Cl.O=C(O)c1ccc(B(O)O)c(Cl)c1.OB(O)c1ccnc(N2CCCCC2)c1. The molecule has 13 rings (SSSR count). The molecule has 0 spiro atoms. The molecule has 618 valence electrons. The number of carboxylic acid groups (broad SMARTS) is 1. The summed E-state index contributed by atoms with van der Waals surface area (Å²) in [5.74, 6) is 1.40. The summed E-state index contributed by atoms with van der Waals surface area (Å²) in [6.07, 6.45) is 16.6. The zero-order valence-electron chi connectivity index (χ0n) is 64.6. The Bertz CT molecular complexity index is 4680. The minimum absolute atomic E-state index is 0. The van der Waals surface area contributed by atoms with Gasteiger partial charge in [0.1, 0.15) is 36.7 Å². The number of carbonyl (C=O) groups excluding carboxylic acids is 3. The monoisotopic (exact) mass is 1930 g/mol. The average Bonchev–Trinajstić information content (AvgIpc) is 1.67. The van der Waals surface area contributed by atoms with E-state index in [1.807, 2.05) is 60.8 Å². The molecule has 3 fully saturated rings. The van der Waals surface area contributed by atoms with Gasteiger partial charge >= 0.3 is 34.4 Å². The summed E-state index contributed by atoms with van der Waals surface area (Å²) < 4.78 is 2.71.